The number of ether oxygens (including phenoxy) is 1. The number of rotatable bonds is 7. The summed E-state index contributed by atoms with van der Waals surface area (Å²) in [5.74, 6) is 0.393. The molecule has 0 aromatic heterocycles. The van der Waals surface area contributed by atoms with Gasteiger partial charge in [-0.05, 0) is 18.6 Å². The molecule has 0 fully saturated rings. The van der Waals surface area contributed by atoms with Gasteiger partial charge in [-0.2, -0.15) is 0 Å². The molecule has 25 heavy (non-hydrogen) atoms. The Morgan fingerprint density at radius 1 is 1.08 bits per heavy atom. The quantitative estimate of drug-likeness (QED) is 0.843. The van der Waals surface area contributed by atoms with Crippen molar-refractivity contribution in [2.75, 3.05) is 7.11 Å². The molecule has 2 aromatic rings. The predicted molar refractivity (Wildman–Crippen MR) is 97.0 cm³/mol. The lowest BCUT2D eigenvalue weighted by molar-refractivity contribution is -0.139. The lowest BCUT2D eigenvalue weighted by Gasteiger charge is -2.27. The topological polar surface area (TPSA) is 58.6 Å². The molecule has 1 N–H and O–H groups in total. The van der Waals surface area contributed by atoms with E-state index in [4.69, 9.17) is 4.74 Å². The lowest BCUT2D eigenvalue weighted by atomic mass is 10.1. The lowest BCUT2D eigenvalue weighted by Crippen LogP contribution is -2.46. The van der Waals surface area contributed by atoms with E-state index >= 15 is 0 Å². The van der Waals surface area contributed by atoms with Gasteiger partial charge in [0.15, 0.2) is 0 Å². The van der Waals surface area contributed by atoms with Gasteiger partial charge in [-0.3, -0.25) is 9.59 Å². The van der Waals surface area contributed by atoms with Crippen LogP contribution in [0.2, 0.25) is 0 Å². The smallest absolute Gasteiger partial charge is 0.242 e. The second-order valence-corrected chi connectivity index (χ2v) is 5.84. The first kappa shape index (κ1) is 18.5. The Kier molecular flexibility index (Phi) is 6.57. The van der Waals surface area contributed by atoms with Crippen LogP contribution in [0.25, 0.3) is 0 Å². The van der Waals surface area contributed by atoms with E-state index in [1.54, 1.807) is 18.9 Å². The summed E-state index contributed by atoms with van der Waals surface area (Å²) in [7, 11) is 1.60. The fraction of sp³-hybridized carbons (Fsp3) is 0.300. The minimum atomic E-state index is -0.563. The van der Waals surface area contributed by atoms with E-state index in [-0.39, 0.29) is 11.8 Å². The summed E-state index contributed by atoms with van der Waals surface area (Å²) < 4.78 is 5.29. The van der Waals surface area contributed by atoms with Gasteiger partial charge in [-0.15, -0.1) is 0 Å². The van der Waals surface area contributed by atoms with Crippen molar-refractivity contribution >= 4 is 11.8 Å². The summed E-state index contributed by atoms with van der Waals surface area (Å²) in [4.78, 5) is 26.1. The van der Waals surface area contributed by atoms with Gasteiger partial charge < -0.3 is 15.0 Å². The first-order valence-corrected chi connectivity index (χ1v) is 8.23. The highest BCUT2D eigenvalue weighted by atomic mass is 16.5. The standard InChI is InChI=1S/C20H24N2O3/c1-15(22(16(2)23)14-17-9-5-4-6-10-17)20(24)21-13-18-11-7-8-12-19(18)25-3/h4-12,15H,13-14H2,1-3H3,(H,21,24). The largest absolute Gasteiger partial charge is 0.496 e. The molecule has 132 valence electrons. The first-order valence-electron chi connectivity index (χ1n) is 8.23. The zero-order valence-corrected chi connectivity index (χ0v) is 14.9. The molecule has 0 saturated heterocycles. The van der Waals surface area contributed by atoms with Gasteiger partial charge in [0, 0.05) is 25.6 Å². The number of hydrogen-bond donors (Lipinski definition) is 1. The highest BCUT2D eigenvalue weighted by Crippen LogP contribution is 2.17. The summed E-state index contributed by atoms with van der Waals surface area (Å²) >= 11 is 0. The van der Waals surface area contributed by atoms with Crippen molar-refractivity contribution in [3.63, 3.8) is 0 Å². The number of benzene rings is 2. The summed E-state index contributed by atoms with van der Waals surface area (Å²) in [6.07, 6.45) is 0. The van der Waals surface area contributed by atoms with Crippen LogP contribution in [0.15, 0.2) is 54.6 Å². The van der Waals surface area contributed by atoms with E-state index in [9.17, 15) is 9.59 Å². The summed E-state index contributed by atoms with van der Waals surface area (Å²) in [5, 5.41) is 2.88. The molecule has 0 aliphatic carbocycles. The molecule has 1 atom stereocenters. The van der Waals surface area contributed by atoms with E-state index in [0.29, 0.717) is 13.1 Å². The first-order chi connectivity index (χ1) is 12.0. The molecule has 0 bridgehead atoms. The van der Waals surface area contributed by atoms with Crippen LogP contribution in [0.1, 0.15) is 25.0 Å². The minimum Gasteiger partial charge on any atom is -0.496 e. The third kappa shape index (κ3) is 5.08. The molecule has 5 heteroatoms. The number of nitrogens with one attached hydrogen (secondary N) is 1. The normalized spacial score (nSPS) is 11.5. The number of amides is 2. The van der Waals surface area contributed by atoms with E-state index in [1.807, 2.05) is 54.6 Å². The van der Waals surface area contributed by atoms with Crippen molar-refractivity contribution in [2.45, 2.75) is 33.0 Å². The summed E-state index contributed by atoms with van der Waals surface area (Å²) in [6, 6.07) is 16.6. The SMILES string of the molecule is COc1ccccc1CNC(=O)C(C)N(Cc1ccccc1)C(C)=O. The number of hydrogen-bond acceptors (Lipinski definition) is 3. The maximum Gasteiger partial charge on any atom is 0.242 e. The molecule has 0 heterocycles. The number of para-hydroxylation sites is 1. The molecule has 0 radical (unpaired) electrons. The molecule has 0 aliphatic rings. The Labute approximate surface area is 148 Å². The average molecular weight is 340 g/mol. The van der Waals surface area contributed by atoms with Crippen molar-refractivity contribution in [1.29, 1.82) is 0 Å². The van der Waals surface area contributed by atoms with Crippen molar-refractivity contribution in [2.24, 2.45) is 0 Å². The van der Waals surface area contributed by atoms with Crippen LogP contribution < -0.4 is 10.1 Å². The van der Waals surface area contributed by atoms with Crippen LogP contribution in [0.5, 0.6) is 5.75 Å². The molecule has 2 rings (SSSR count). The zero-order valence-electron chi connectivity index (χ0n) is 14.9. The highest BCUT2D eigenvalue weighted by molar-refractivity contribution is 5.86. The number of nitrogens with zero attached hydrogens (tertiary/aromatic N) is 1. The minimum absolute atomic E-state index is 0.135. The molecular weight excluding hydrogens is 316 g/mol. The van der Waals surface area contributed by atoms with Gasteiger partial charge >= 0.3 is 0 Å². The molecule has 0 saturated carbocycles. The average Bonchev–Trinajstić information content (AvgIpc) is 2.64. The number of carbonyl (C=O) groups is 2. The Balaban J connectivity index is 2.02. The van der Waals surface area contributed by atoms with Gasteiger partial charge in [0.25, 0.3) is 0 Å². The fourth-order valence-corrected chi connectivity index (χ4v) is 2.62. The maximum atomic E-state index is 12.5. The van der Waals surface area contributed by atoms with E-state index in [2.05, 4.69) is 5.32 Å². The fourth-order valence-electron chi connectivity index (χ4n) is 2.62. The van der Waals surface area contributed by atoms with Crippen LogP contribution in [-0.2, 0) is 22.7 Å². The second-order valence-electron chi connectivity index (χ2n) is 5.84. The molecule has 2 aromatic carbocycles. The number of methoxy groups -OCH3 is 1. The van der Waals surface area contributed by atoms with Crippen molar-refractivity contribution in [3.8, 4) is 5.75 Å². The molecule has 0 aliphatic heterocycles. The molecule has 1 unspecified atom stereocenters. The predicted octanol–water partition coefficient (Wildman–Crippen LogP) is 2.75. The summed E-state index contributed by atoms with van der Waals surface area (Å²) in [5.41, 5.74) is 1.88. The maximum absolute atomic E-state index is 12.5. The molecule has 0 spiro atoms. The van der Waals surface area contributed by atoms with Crippen LogP contribution in [-0.4, -0.2) is 29.9 Å². The molecule has 5 nitrogen and oxygen atoms in total. The number of carbonyl (C=O) groups excluding carboxylic acids is 2. The van der Waals surface area contributed by atoms with Gasteiger partial charge in [0.05, 0.1) is 7.11 Å². The third-order valence-corrected chi connectivity index (χ3v) is 4.09. The van der Waals surface area contributed by atoms with Gasteiger partial charge in [-0.1, -0.05) is 48.5 Å². The van der Waals surface area contributed by atoms with E-state index < -0.39 is 6.04 Å². The molecule has 2 amide bonds. The van der Waals surface area contributed by atoms with Crippen LogP contribution in [0, 0.1) is 0 Å². The van der Waals surface area contributed by atoms with Crippen LogP contribution in [0.3, 0.4) is 0 Å². The van der Waals surface area contributed by atoms with Crippen molar-refractivity contribution < 1.29 is 14.3 Å². The van der Waals surface area contributed by atoms with E-state index in [0.717, 1.165) is 16.9 Å². The molecular formula is C20H24N2O3. The Hall–Kier alpha value is -2.82. The van der Waals surface area contributed by atoms with Crippen LogP contribution in [0.4, 0.5) is 0 Å². The highest BCUT2D eigenvalue weighted by Gasteiger charge is 2.23. The monoisotopic (exact) mass is 340 g/mol. The second kappa shape index (κ2) is 8.87. The van der Waals surface area contributed by atoms with E-state index in [1.165, 1.54) is 6.92 Å². The van der Waals surface area contributed by atoms with Gasteiger partial charge in [-0.25, -0.2) is 0 Å². The van der Waals surface area contributed by atoms with Crippen molar-refractivity contribution in [1.82, 2.24) is 10.2 Å². The van der Waals surface area contributed by atoms with Crippen molar-refractivity contribution in [3.05, 3.63) is 65.7 Å². The zero-order chi connectivity index (χ0) is 18.2. The third-order valence-electron chi connectivity index (χ3n) is 4.09. The van der Waals surface area contributed by atoms with Gasteiger partial charge in [0.1, 0.15) is 11.8 Å². The Bertz CT molecular complexity index is 716. The summed E-state index contributed by atoms with van der Waals surface area (Å²) in [6.45, 7) is 3.97. The van der Waals surface area contributed by atoms with Crippen LogP contribution >= 0.6 is 0 Å². The Morgan fingerprint density at radius 2 is 1.72 bits per heavy atom. The van der Waals surface area contributed by atoms with Gasteiger partial charge in [0.2, 0.25) is 11.8 Å². The Morgan fingerprint density at radius 3 is 2.36 bits per heavy atom.